The number of hydrogen-bond acceptors (Lipinski definition) is 7. The summed E-state index contributed by atoms with van der Waals surface area (Å²) >= 11 is 12.0. The van der Waals surface area contributed by atoms with Gasteiger partial charge >= 0.3 is 5.69 Å². The van der Waals surface area contributed by atoms with Crippen molar-refractivity contribution >= 4 is 51.9 Å². The molecule has 0 bridgehead atoms. The van der Waals surface area contributed by atoms with Crippen molar-refractivity contribution in [3.63, 3.8) is 0 Å². The minimum atomic E-state index is -0.579. The lowest BCUT2D eigenvalue weighted by atomic mass is 10.3. The Labute approximate surface area is 152 Å². The van der Waals surface area contributed by atoms with E-state index < -0.39 is 4.92 Å². The summed E-state index contributed by atoms with van der Waals surface area (Å²) in [6.45, 7) is 0. The Bertz CT molecular complexity index is 923. The predicted molar refractivity (Wildman–Crippen MR) is 96.0 cm³/mol. The molecule has 0 unspecified atom stereocenters. The fraction of sp³-hybridized carbons (Fsp3) is 0. The van der Waals surface area contributed by atoms with Crippen LogP contribution in [-0.2, 0) is 0 Å². The van der Waals surface area contributed by atoms with E-state index in [2.05, 4.69) is 25.6 Å². The molecular weight excluding hydrogens is 367 g/mol. The van der Waals surface area contributed by atoms with E-state index in [1.54, 1.807) is 42.7 Å². The summed E-state index contributed by atoms with van der Waals surface area (Å²) in [4.78, 5) is 22.8. The standard InChI is InChI=1S/C15H10Cl2N6O2/c16-9-1-2-11(17)12(7-9)22-15-13(23(24)25)14(19-8-20-15)21-10-3-5-18-6-4-10/h1-8H,(H2,18,19,20,21,22). The van der Waals surface area contributed by atoms with Gasteiger partial charge in [0.2, 0.25) is 11.6 Å². The van der Waals surface area contributed by atoms with Gasteiger partial charge in [-0.3, -0.25) is 15.1 Å². The van der Waals surface area contributed by atoms with Crippen LogP contribution >= 0.6 is 23.2 Å². The lowest BCUT2D eigenvalue weighted by molar-refractivity contribution is -0.383. The van der Waals surface area contributed by atoms with E-state index in [9.17, 15) is 10.1 Å². The number of rotatable bonds is 5. The maximum Gasteiger partial charge on any atom is 0.353 e. The average Bonchev–Trinajstić information content (AvgIpc) is 2.59. The second-order valence-electron chi connectivity index (χ2n) is 4.79. The third kappa shape index (κ3) is 3.93. The molecule has 2 heterocycles. The fourth-order valence-electron chi connectivity index (χ4n) is 2.03. The zero-order valence-corrected chi connectivity index (χ0v) is 14.0. The van der Waals surface area contributed by atoms with Gasteiger partial charge < -0.3 is 10.6 Å². The molecule has 2 aromatic heterocycles. The minimum absolute atomic E-state index is 0.0132. The van der Waals surface area contributed by atoms with Crippen molar-refractivity contribution in [1.29, 1.82) is 0 Å². The summed E-state index contributed by atoms with van der Waals surface area (Å²) < 4.78 is 0. The number of halogens is 2. The van der Waals surface area contributed by atoms with Gasteiger partial charge in [-0.15, -0.1) is 0 Å². The van der Waals surface area contributed by atoms with Crippen molar-refractivity contribution in [1.82, 2.24) is 15.0 Å². The molecule has 0 fully saturated rings. The number of aromatic nitrogens is 3. The van der Waals surface area contributed by atoms with Crippen LogP contribution in [0.15, 0.2) is 49.1 Å². The number of nitrogens with zero attached hydrogens (tertiary/aromatic N) is 4. The van der Waals surface area contributed by atoms with Crippen LogP contribution < -0.4 is 10.6 Å². The Morgan fingerprint density at radius 3 is 2.36 bits per heavy atom. The first-order valence-electron chi connectivity index (χ1n) is 6.93. The van der Waals surface area contributed by atoms with E-state index in [1.807, 2.05) is 0 Å². The molecule has 3 rings (SSSR count). The van der Waals surface area contributed by atoms with Crippen molar-refractivity contribution in [2.75, 3.05) is 10.6 Å². The summed E-state index contributed by atoms with van der Waals surface area (Å²) in [7, 11) is 0. The summed E-state index contributed by atoms with van der Waals surface area (Å²) in [6.07, 6.45) is 4.32. The normalized spacial score (nSPS) is 10.3. The minimum Gasteiger partial charge on any atom is -0.334 e. The first kappa shape index (κ1) is 16.9. The number of anilines is 4. The van der Waals surface area contributed by atoms with E-state index in [1.165, 1.54) is 6.33 Å². The summed E-state index contributed by atoms with van der Waals surface area (Å²) in [6, 6.07) is 8.06. The predicted octanol–water partition coefficient (Wildman–Crippen LogP) is 4.57. The van der Waals surface area contributed by atoms with Gasteiger partial charge in [0.25, 0.3) is 0 Å². The molecule has 0 saturated heterocycles. The Morgan fingerprint density at radius 1 is 1.00 bits per heavy atom. The Balaban J connectivity index is 2.01. The quantitative estimate of drug-likeness (QED) is 0.495. The highest BCUT2D eigenvalue weighted by Gasteiger charge is 2.24. The molecule has 0 saturated carbocycles. The maximum atomic E-state index is 11.5. The zero-order valence-electron chi connectivity index (χ0n) is 12.5. The molecule has 0 aliphatic carbocycles. The lowest BCUT2D eigenvalue weighted by Crippen LogP contribution is -2.05. The van der Waals surface area contributed by atoms with Crippen LogP contribution in [0.1, 0.15) is 0 Å². The largest absolute Gasteiger partial charge is 0.353 e. The molecule has 126 valence electrons. The van der Waals surface area contributed by atoms with E-state index >= 15 is 0 Å². The van der Waals surface area contributed by atoms with E-state index in [0.717, 1.165) is 0 Å². The van der Waals surface area contributed by atoms with Crippen LogP contribution in [-0.4, -0.2) is 19.9 Å². The van der Waals surface area contributed by atoms with Gasteiger partial charge in [-0.25, -0.2) is 9.97 Å². The van der Waals surface area contributed by atoms with E-state index in [0.29, 0.717) is 21.4 Å². The SMILES string of the molecule is O=[N+]([O-])c1c(Nc2ccncc2)ncnc1Nc1cc(Cl)ccc1Cl. The number of nitro groups is 1. The topological polar surface area (TPSA) is 106 Å². The van der Waals surface area contributed by atoms with Crippen molar-refractivity contribution in [3.8, 4) is 0 Å². The second-order valence-corrected chi connectivity index (χ2v) is 5.63. The molecule has 0 aliphatic rings. The summed E-state index contributed by atoms with van der Waals surface area (Å²) in [5.74, 6) is 0.0209. The van der Waals surface area contributed by atoms with Crippen molar-refractivity contribution in [2.24, 2.45) is 0 Å². The van der Waals surface area contributed by atoms with E-state index in [-0.39, 0.29) is 17.3 Å². The van der Waals surface area contributed by atoms with Crippen LogP contribution in [0.3, 0.4) is 0 Å². The number of nitrogens with one attached hydrogen (secondary N) is 2. The molecule has 0 aliphatic heterocycles. The maximum absolute atomic E-state index is 11.5. The highest BCUT2D eigenvalue weighted by atomic mass is 35.5. The van der Waals surface area contributed by atoms with Gasteiger partial charge in [-0.2, -0.15) is 0 Å². The lowest BCUT2D eigenvalue weighted by Gasteiger charge is -2.11. The van der Waals surface area contributed by atoms with Gasteiger partial charge in [-0.05, 0) is 30.3 Å². The molecular formula is C15H10Cl2N6O2. The van der Waals surface area contributed by atoms with Crippen LogP contribution in [0.2, 0.25) is 10.0 Å². The monoisotopic (exact) mass is 376 g/mol. The first-order valence-corrected chi connectivity index (χ1v) is 7.68. The molecule has 0 atom stereocenters. The molecule has 25 heavy (non-hydrogen) atoms. The molecule has 1 aromatic carbocycles. The van der Waals surface area contributed by atoms with Crippen molar-refractivity contribution in [2.45, 2.75) is 0 Å². The smallest absolute Gasteiger partial charge is 0.334 e. The molecule has 8 nitrogen and oxygen atoms in total. The number of pyridine rings is 1. The molecule has 0 spiro atoms. The molecule has 3 aromatic rings. The van der Waals surface area contributed by atoms with Gasteiger partial charge in [0.05, 0.1) is 15.6 Å². The van der Waals surface area contributed by atoms with Crippen LogP contribution in [0.25, 0.3) is 0 Å². The highest BCUT2D eigenvalue weighted by molar-refractivity contribution is 6.35. The van der Waals surface area contributed by atoms with Crippen LogP contribution in [0.5, 0.6) is 0 Å². The Hall–Kier alpha value is -2.97. The highest BCUT2D eigenvalue weighted by Crippen LogP contribution is 2.35. The third-order valence-electron chi connectivity index (χ3n) is 3.13. The average molecular weight is 377 g/mol. The molecule has 10 heteroatoms. The van der Waals surface area contributed by atoms with Crippen LogP contribution in [0, 0.1) is 10.1 Å². The molecule has 0 amide bonds. The van der Waals surface area contributed by atoms with Gasteiger partial charge in [-0.1, -0.05) is 23.2 Å². The van der Waals surface area contributed by atoms with Gasteiger partial charge in [0.15, 0.2) is 0 Å². The third-order valence-corrected chi connectivity index (χ3v) is 3.69. The molecule has 2 N–H and O–H groups in total. The molecule has 0 radical (unpaired) electrons. The first-order chi connectivity index (χ1) is 12.0. The van der Waals surface area contributed by atoms with Crippen molar-refractivity contribution in [3.05, 3.63) is 69.2 Å². The fourth-order valence-corrected chi connectivity index (χ4v) is 2.36. The summed E-state index contributed by atoms with van der Waals surface area (Å²) in [5.41, 5.74) is 0.671. The van der Waals surface area contributed by atoms with Gasteiger partial charge in [0, 0.05) is 23.1 Å². The zero-order chi connectivity index (χ0) is 17.8. The Kier molecular flexibility index (Phi) is 4.92. The second kappa shape index (κ2) is 7.29. The van der Waals surface area contributed by atoms with Gasteiger partial charge in [0.1, 0.15) is 6.33 Å². The summed E-state index contributed by atoms with van der Waals surface area (Å²) in [5, 5.41) is 18.0. The Morgan fingerprint density at radius 2 is 1.68 bits per heavy atom. The van der Waals surface area contributed by atoms with Crippen LogP contribution in [0.4, 0.5) is 28.7 Å². The van der Waals surface area contributed by atoms with E-state index in [4.69, 9.17) is 23.2 Å². The number of benzene rings is 1. The van der Waals surface area contributed by atoms with Crippen molar-refractivity contribution < 1.29 is 4.92 Å². The number of hydrogen-bond donors (Lipinski definition) is 2.